The lowest BCUT2D eigenvalue weighted by atomic mass is 9.95. The minimum atomic E-state index is 0. The third-order valence-corrected chi connectivity index (χ3v) is 4.46. The molecule has 0 radical (unpaired) electrons. The zero-order valence-electron chi connectivity index (χ0n) is 12.0. The third kappa shape index (κ3) is 3.64. The maximum absolute atomic E-state index is 6.24. The van der Waals surface area contributed by atoms with Crippen molar-refractivity contribution in [1.82, 2.24) is 9.21 Å². The first-order valence-corrected chi connectivity index (χ1v) is 7.73. The van der Waals surface area contributed by atoms with E-state index in [1.165, 1.54) is 11.1 Å². The van der Waals surface area contributed by atoms with Crippen LogP contribution in [0.3, 0.4) is 0 Å². The molecule has 1 unspecified atom stereocenters. The lowest BCUT2D eigenvalue weighted by molar-refractivity contribution is 0.163. The Labute approximate surface area is 139 Å². The Hall–Kier alpha value is -1.49. The predicted octanol–water partition coefficient (Wildman–Crippen LogP) is 3.46. The minimum absolute atomic E-state index is 0. The van der Waals surface area contributed by atoms with Crippen molar-refractivity contribution in [2.75, 3.05) is 31.9 Å². The summed E-state index contributed by atoms with van der Waals surface area (Å²) in [6.07, 6.45) is 0. The summed E-state index contributed by atoms with van der Waals surface area (Å²) < 4.78 is 2.08. The highest BCUT2D eigenvalue weighted by Crippen LogP contribution is 2.32. The van der Waals surface area contributed by atoms with Gasteiger partial charge in [-0.1, -0.05) is 68.8 Å². The van der Waals surface area contributed by atoms with Gasteiger partial charge in [0, 0.05) is 31.9 Å². The van der Waals surface area contributed by atoms with Crippen LogP contribution in [0.4, 0.5) is 5.69 Å². The van der Waals surface area contributed by atoms with E-state index in [0.717, 1.165) is 31.9 Å². The van der Waals surface area contributed by atoms with Gasteiger partial charge in [-0.25, -0.2) is 0 Å². The quantitative estimate of drug-likeness (QED) is 0.672. The summed E-state index contributed by atoms with van der Waals surface area (Å²) >= 11 is 4.45. The number of para-hydroxylation sites is 1. The number of nitrogens with zero attached hydrogens (tertiary/aromatic N) is 2. The molecule has 3 rings (SSSR count). The first-order valence-electron chi connectivity index (χ1n) is 7.33. The highest BCUT2D eigenvalue weighted by molar-refractivity contribution is 7.77. The summed E-state index contributed by atoms with van der Waals surface area (Å²) in [6.45, 7) is 3.94. The average Bonchev–Trinajstić information content (AvgIpc) is 2.52. The molecule has 0 aliphatic carbocycles. The lowest BCUT2D eigenvalue weighted by Gasteiger charge is -2.38. The summed E-state index contributed by atoms with van der Waals surface area (Å²) in [5.41, 5.74) is 9.59. The first kappa shape index (κ1) is 16.9. The maximum Gasteiger partial charge on any atom is 0.0623 e. The number of rotatable bonds is 3. The molecule has 1 aliphatic heterocycles. The molecule has 2 aromatic carbocycles. The molecule has 1 saturated heterocycles. The number of piperazine rings is 1. The number of benzene rings is 2. The highest BCUT2D eigenvalue weighted by atomic mass is 32.1. The molecule has 2 aromatic rings. The normalized spacial score (nSPS) is 17.7. The maximum atomic E-state index is 6.24. The van der Waals surface area contributed by atoms with E-state index in [-0.39, 0.29) is 13.5 Å². The fourth-order valence-corrected chi connectivity index (χ4v) is 3.13. The summed E-state index contributed by atoms with van der Waals surface area (Å²) in [5.74, 6) is 0. The molecule has 118 valence electrons. The molecule has 2 N–H and O–H groups in total. The average molecular weight is 315 g/mol. The lowest BCUT2D eigenvalue weighted by Crippen LogP contribution is -2.44. The Balaban J connectivity index is 0.00000176. The highest BCUT2D eigenvalue weighted by Gasteiger charge is 2.26. The van der Waals surface area contributed by atoms with E-state index in [2.05, 4.69) is 64.5 Å². The summed E-state index contributed by atoms with van der Waals surface area (Å²) in [6, 6.07) is 19.0. The molecule has 0 aromatic heterocycles. The Morgan fingerprint density at radius 3 is 2.09 bits per heavy atom. The molecule has 0 saturated carbocycles. The van der Waals surface area contributed by atoms with Gasteiger partial charge >= 0.3 is 0 Å². The number of anilines is 1. The second-order valence-corrected chi connectivity index (χ2v) is 6.00. The Bertz CT molecular complexity index is 580. The van der Waals surface area contributed by atoms with Gasteiger partial charge in [-0.05, 0) is 17.2 Å². The molecule has 0 amide bonds. The van der Waals surface area contributed by atoms with Crippen LogP contribution in [0.15, 0.2) is 54.6 Å². The molecule has 1 aliphatic rings. The molecule has 22 heavy (non-hydrogen) atoms. The van der Waals surface area contributed by atoms with E-state index in [0.29, 0.717) is 0 Å². The van der Waals surface area contributed by atoms with Gasteiger partial charge < -0.3 is 5.73 Å². The zero-order chi connectivity index (χ0) is 14.7. The molecule has 4 heteroatoms. The van der Waals surface area contributed by atoms with Gasteiger partial charge in [0.05, 0.1) is 6.04 Å². The van der Waals surface area contributed by atoms with Gasteiger partial charge in [-0.3, -0.25) is 9.21 Å². The van der Waals surface area contributed by atoms with E-state index in [1.807, 2.05) is 12.1 Å². The van der Waals surface area contributed by atoms with E-state index in [1.54, 1.807) is 0 Å². The van der Waals surface area contributed by atoms with Crippen LogP contribution >= 0.6 is 12.8 Å². The van der Waals surface area contributed by atoms with Crippen molar-refractivity contribution in [2.45, 2.75) is 13.5 Å². The van der Waals surface area contributed by atoms with Gasteiger partial charge in [0.2, 0.25) is 0 Å². The monoisotopic (exact) mass is 315 g/mol. The Kier molecular flexibility index (Phi) is 5.89. The van der Waals surface area contributed by atoms with Crippen LogP contribution in [-0.2, 0) is 0 Å². The second kappa shape index (κ2) is 7.68. The van der Waals surface area contributed by atoms with Gasteiger partial charge in [-0.15, -0.1) is 0 Å². The number of nitrogen functional groups attached to an aromatic ring is 1. The van der Waals surface area contributed by atoms with Gasteiger partial charge in [0.1, 0.15) is 0 Å². The first-order chi connectivity index (χ1) is 10.3. The summed E-state index contributed by atoms with van der Waals surface area (Å²) in [5, 5.41) is 0. The van der Waals surface area contributed by atoms with Gasteiger partial charge in [0.15, 0.2) is 0 Å². The Morgan fingerprint density at radius 2 is 1.45 bits per heavy atom. The van der Waals surface area contributed by atoms with Crippen LogP contribution in [0.1, 0.15) is 24.6 Å². The van der Waals surface area contributed by atoms with Crippen LogP contribution in [-0.4, -0.2) is 35.4 Å². The van der Waals surface area contributed by atoms with Crippen molar-refractivity contribution in [1.29, 1.82) is 0 Å². The molecule has 0 bridgehead atoms. The van der Waals surface area contributed by atoms with Crippen LogP contribution < -0.4 is 5.73 Å². The van der Waals surface area contributed by atoms with Gasteiger partial charge in [0.25, 0.3) is 0 Å². The van der Waals surface area contributed by atoms with E-state index >= 15 is 0 Å². The minimum Gasteiger partial charge on any atom is -0.398 e. The number of hydrogen-bond donors (Lipinski definition) is 2. The Morgan fingerprint density at radius 1 is 0.864 bits per heavy atom. The molecule has 3 nitrogen and oxygen atoms in total. The number of hydrogen-bond acceptors (Lipinski definition) is 4. The van der Waals surface area contributed by atoms with E-state index in [4.69, 9.17) is 5.73 Å². The molecule has 1 fully saturated rings. The van der Waals surface area contributed by atoms with Crippen molar-refractivity contribution in [3.05, 3.63) is 65.7 Å². The fourth-order valence-electron chi connectivity index (χ4n) is 2.95. The zero-order valence-corrected chi connectivity index (χ0v) is 12.9. The predicted molar refractivity (Wildman–Crippen MR) is 98.0 cm³/mol. The van der Waals surface area contributed by atoms with Crippen molar-refractivity contribution in [3.8, 4) is 0 Å². The fraction of sp³-hybridized carbons (Fsp3) is 0.333. The molecule has 1 heterocycles. The van der Waals surface area contributed by atoms with E-state index < -0.39 is 0 Å². The van der Waals surface area contributed by atoms with Crippen molar-refractivity contribution in [3.63, 3.8) is 0 Å². The summed E-state index contributed by atoms with van der Waals surface area (Å²) in [7, 11) is 0. The van der Waals surface area contributed by atoms with Crippen molar-refractivity contribution >= 4 is 18.5 Å². The SMILES string of the molecule is C.Nc1ccccc1C(c1ccccc1)N1CCN(S)CC1. The van der Waals surface area contributed by atoms with E-state index in [9.17, 15) is 0 Å². The summed E-state index contributed by atoms with van der Waals surface area (Å²) in [4.78, 5) is 2.49. The van der Waals surface area contributed by atoms with Crippen LogP contribution in [0, 0.1) is 0 Å². The van der Waals surface area contributed by atoms with Crippen LogP contribution in [0.5, 0.6) is 0 Å². The molecule has 1 atom stereocenters. The molecule has 0 spiro atoms. The van der Waals surface area contributed by atoms with Crippen molar-refractivity contribution < 1.29 is 0 Å². The van der Waals surface area contributed by atoms with Crippen molar-refractivity contribution in [2.24, 2.45) is 0 Å². The van der Waals surface area contributed by atoms with Gasteiger partial charge in [-0.2, -0.15) is 0 Å². The third-order valence-electron chi connectivity index (χ3n) is 4.06. The smallest absolute Gasteiger partial charge is 0.0623 e. The largest absolute Gasteiger partial charge is 0.398 e. The topological polar surface area (TPSA) is 32.5 Å². The standard InChI is InChI=1S/C17H21N3S.CH4/c18-16-9-5-4-8-15(16)17(14-6-2-1-3-7-14)19-10-12-20(21)13-11-19;/h1-9,17,21H,10-13,18H2;1H4. The van der Waals surface area contributed by atoms with Crippen LogP contribution in [0.25, 0.3) is 0 Å². The number of nitrogens with two attached hydrogens (primary N) is 1. The second-order valence-electron chi connectivity index (χ2n) is 5.43. The van der Waals surface area contributed by atoms with Crippen LogP contribution in [0.2, 0.25) is 0 Å². The molecular formula is C18H25N3S. The number of thiol groups is 1. The molecular weight excluding hydrogens is 290 g/mol.